The number of carbonyl (C=O) groups excluding carboxylic acids is 1. The van der Waals surface area contributed by atoms with Gasteiger partial charge in [-0.25, -0.2) is 14.7 Å². The van der Waals surface area contributed by atoms with Gasteiger partial charge in [0.05, 0.1) is 11.3 Å². The maximum absolute atomic E-state index is 13.2. The molecule has 0 aliphatic carbocycles. The number of carbonyl (C=O) groups is 1. The standard InChI is InChI=1S/C24H27N5O3S/c1-16-14-15-29(24(16,2)3)22-18(12-13-19(26-22)17-8-5-4-6-9-17)23(30)28-33(31,32)21-11-7-10-20(25)27-21/h4-13,16H,14-15H2,1-3H3,(H2,25,27)(H,28,30). The largest absolute Gasteiger partial charge is 0.384 e. The molecular formula is C24H27N5O3S. The van der Waals surface area contributed by atoms with Crippen LogP contribution in [0.2, 0.25) is 0 Å². The van der Waals surface area contributed by atoms with E-state index in [4.69, 9.17) is 10.7 Å². The molecule has 4 rings (SSSR count). The van der Waals surface area contributed by atoms with Gasteiger partial charge in [-0.3, -0.25) is 4.79 Å². The molecule has 0 spiro atoms. The predicted molar refractivity (Wildman–Crippen MR) is 128 cm³/mol. The van der Waals surface area contributed by atoms with Crippen molar-refractivity contribution in [1.29, 1.82) is 0 Å². The maximum atomic E-state index is 13.2. The van der Waals surface area contributed by atoms with Crippen LogP contribution in [0.25, 0.3) is 11.3 Å². The van der Waals surface area contributed by atoms with E-state index >= 15 is 0 Å². The zero-order chi connectivity index (χ0) is 23.8. The van der Waals surface area contributed by atoms with Crippen molar-refractivity contribution >= 4 is 27.6 Å². The normalized spacial score (nSPS) is 17.7. The number of hydrogen-bond acceptors (Lipinski definition) is 7. The molecule has 1 unspecified atom stereocenters. The third-order valence-corrected chi connectivity index (χ3v) is 7.61. The fourth-order valence-corrected chi connectivity index (χ4v) is 4.96. The number of nitrogen functional groups attached to an aromatic ring is 1. The van der Waals surface area contributed by atoms with E-state index in [0.29, 0.717) is 24.0 Å². The molecule has 9 heteroatoms. The molecule has 33 heavy (non-hydrogen) atoms. The van der Waals surface area contributed by atoms with Gasteiger partial charge in [0.25, 0.3) is 15.9 Å². The summed E-state index contributed by atoms with van der Waals surface area (Å²) in [6.07, 6.45) is 0.941. The summed E-state index contributed by atoms with van der Waals surface area (Å²) in [6.45, 7) is 7.09. The molecule has 0 radical (unpaired) electrons. The molecule has 1 aliphatic rings. The first-order valence-corrected chi connectivity index (χ1v) is 12.2. The van der Waals surface area contributed by atoms with E-state index in [1.165, 1.54) is 18.2 Å². The van der Waals surface area contributed by atoms with Crippen LogP contribution in [0.1, 0.15) is 37.6 Å². The summed E-state index contributed by atoms with van der Waals surface area (Å²) >= 11 is 0. The molecule has 1 fully saturated rings. The summed E-state index contributed by atoms with van der Waals surface area (Å²) in [5.41, 5.74) is 7.16. The Labute approximate surface area is 193 Å². The molecule has 3 N–H and O–H groups in total. The molecule has 1 aromatic carbocycles. The van der Waals surface area contributed by atoms with Gasteiger partial charge in [0.2, 0.25) is 0 Å². The highest BCUT2D eigenvalue weighted by atomic mass is 32.2. The van der Waals surface area contributed by atoms with Crippen LogP contribution in [-0.4, -0.2) is 36.4 Å². The molecule has 1 amide bonds. The second-order valence-electron chi connectivity index (χ2n) is 8.76. The average molecular weight is 466 g/mol. The zero-order valence-electron chi connectivity index (χ0n) is 18.8. The van der Waals surface area contributed by atoms with E-state index in [2.05, 4.69) is 35.4 Å². The molecule has 1 saturated heterocycles. The minimum Gasteiger partial charge on any atom is -0.384 e. The van der Waals surface area contributed by atoms with Crippen LogP contribution in [-0.2, 0) is 10.0 Å². The minimum absolute atomic E-state index is 0.0488. The van der Waals surface area contributed by atoms with Crippen molar-refractivity contribution in [2.75, 3.05) is 17.2 Å². The van der Waals surface area contributed by atoms with Crippen LogP contribution in [0.15, 0.2) is 65.7 Å². The number of rotatable bonds is 5. The van der Waals surface area contributed by atoms with Crippen molar-refractivity contribution in [2.24, 2.45) is 5.92 Å². The summed E-state index contributed by atoms with van der Waals surface area (Å²) in [5, 5.41) is -0.318. The Morgan fingerprint density at radius 1 is 1.06 bits per heavy atom. The fraction of sp³-hybridized carbons (Fsp3) is 0.292. The van der Waals surface area contributed by atoms with E-state index in [-0.39, 0.29) is 21.9 Å². The lowest BCUT2D eigenvalue weighted by Gasteiger charge is -2.36. The number of amides is 1. The third-order valence-electron chi connectivity index (χ3n) is 6.38. The quantitative estimate of drug-likeness (QED) is 0.592. The summed E-state index contributed by atoms with van der Waals surface area (Å²) in [7, 11) is -4.21. The Balaban J connectivity index is 1.76. The van der Waals surface area contributed by atoms with Crippen LogP contribution < -0.4 is 15.4 Å². The summed E-state index contributed by atoms with van der Waals surface area (Å²) in [4.78, 5) is 24.0. The second kappa shape index (κ2) is 8.47. The van der Waals surface area contributed by atoms with Gasteiger partial charge in [0.1, 0.15) is 11.6 Å². The Kier molecular flexibility index (Phi) is 5.84. The molecule has 3 heterocycles. The average Bonchev–Trinajstić information content (AvgIpc) is 3.05. The Bertz CT molecular complexity index is 1290. The number of aromatic nitrogens is 2. The summed E-state index contributed by atoms with van der Waals surface area (Å²) in [5.74, 6) is 0.110. The first-order chi connectivity index (χ1) is 15.6. The van der Waals surface area contributed by atoms with Gasteiger partial charge in [-0.05, 0) is 50.5 Å². The molecular weight excluding hydrogens is 438 g/mol. The number of nitrogens with one attached hydrogen (secondary N) is 1. The van der Waals surface area contributed by atoms with Crippen LogP contribution in [0.3, 0.4) is 0 Å². The van der Waals surface area contributed by atoms with Crippen molar-refractivity contribution in [3.05, 3.63) is 66.2 Å². The number of hydrogen-bond donors (Lipinski definition) is 2. The monoisotopic (exact) mass is 465 g/mol. The third kappa shape index (κ3) is 4.41. The van der Waals surface area contributed by atoms with Gasteiger partial charge in [0, 0.05) is 17.6 Å². The lowest BCUT2D eigenvalue weighted by Crippen LogP contribution is -2.43. The van der Waals surface area contributed by atoms with E-state index in [1.807, 2.05) is 30.3 Å². The molecule has 1 atom stereocenters. The topological polar surface area (TPSA) is 118 Å². The number of sulfonamides is 1. The van der Waals surface area contributed by atoms with Crippen LogP contribution in [0, 0.1) is 5.92 Å². The molecule has 172 valence electrons. The van der Waals surface area contributed by atoms with E-state index in [0.717, 1.165) is 12.0 Å². The fourth-order valence-electron chi connectivity index (χ4n) is 4.02. The van der Waals surface area contributed by atoms with Crippen LogP contribution in [0.4, 0.5) is 11.6 Å². The molecule has 2 aromatic heterocycles. The van der Waals surface area contributed by atoms with Gasteiger partial charge >= 0.3 is 0 Å². The number of pyridine rings is 2. The van der Waals surface area contributed by atoms with Crippen LogP contribution in [0.5, 0.6) is 0 Å². The zero-order valence-corrected chi connectivity index (χ0v) is 19.6. The van der Waals surface area contributed by atoms with E-state index in [1.54, 1.807) is 12.1 Å². The van der Waals surface area contributed by atoms with Crippen molar-refractivity contribution in [3.63, 3.8) is 0 Å². The highest BCUT2D eigenvalue weighted by molar-refractivity contribution is 7.90. The van der Waals surface area contributed by atoms with Gasteiger partial charge in [0.15, 0.2) is 5.03 Å². The Morgan fingerprint density at radius 3 is 2.42 bits per heavy atom. The summed E-state index contributed by atoms with van der Waals surface area (Å²) < 4.78 is 27.7. The highest BCUT2D eigenvalue weighted by Crippen LogP contribution is 2.39. The highest BCUT2D eigenvalue weighted by Gasteiger charge is 2.41. The Hall–Kier alpha value is -3.46. The first-order valence-electron chi connectivity index (χ1n) is 10.7. The van der Waals surface area contributed by atoms with Crippen molar-refractivity contribution < 1.29 is 13.2 Å². The first kappa shape index (κ1) is 22.7. The number of nitrogens with two attached hydrogens (primary N) is 1. The molecule has 3 aromatic rings. The summed E-state index contributed by atoms with van der Waals surface area (Å²) in [6, 6.07) is 17.2. The molecule has 0 bridgehead atoms. The number of nitrogens with zero attached hydrogens (tertiary/aromatic N) is 3. The van der Waals surface area contributed by atoms with Crippen molar-refractivity contribution in [2.45, 2.75) is 37.8 Å². The Morgan fingerprint density at radius 2 is 1.79 bits per heavy atom. The minimum atomic E-state index is -4.21. The van der Waals surface area contributed by atoms with Gasteiger partial charge in [-0.1, -0.05) is 43.3 Å². The van der Waals surface area contributed by atoms with Crippen molar-refractivity contribution in [3.8, 4) is 11.3 Å². The molecule has 0 saturated carbocycles. The lowest BCUT2D eigenvalue weighted by atomic mass is 9.90. The number of anilines is 2. The van der Waals surface area contributed by atoms with Crippen molar-refractivity contribution in [1.82, 2.24) is 14.7 Å². The maximum Gasteiger partial charge on any atom is 0.281 e. The van der Waals surface area contributed by atoms with Gasteiger partial charge in [-0.15, -0.1) is 0 Å². The second-order valence-corrected chi connectivity index (χ2v) is 10.4. The smallest absolute Gasteiger partial charge is 0.281 e. The SMILES string of the molecule is CC1CCN(c2nc(-c3ccccc3)ccc2C(=O)NS(=O)(=O)c2cccc(N)n2)C1(C)C. The van der Waals surface area contributed by atoms with Gasteiger partial charge < -0.3 is 10.6 Å². The van der Waals surface area contributed by atoms with E-state index < -0.39 is 15.9 Å². The van der Waals surface area contributed by atoms with Crippen LogP contribution >= 0.6 is 0 Å². The van der Waals surface area contributed by atoms with E-state index in [9.17, 15) is 13.2 Å². The molecule has 8 nitrogen and oxygen atoms in total. The van der Waals surface area contributed by atoms with Gasteiger partial charge in [-0.2, -0.15) is 8.42 Å². The lowest BCUT2D eigenvalue weighted by molar-refractivity contribution is 0.0981. The molecule has 1 aliphatic heterocycles. The predicted octanol–water partition coefficient (Wildman–Crippen LogP) is 3.47. The number of benzene rings is 1.